The van der Waals surface area contributed by atoms with Crippen molar-refractivity contribution in [1.29, 1.82) is 0 Å². The number of rotatable bonds is 46. The second-order valence-electron chi connectivity index (χ2n) is 17.0. The van der Waals surface area contributed by atoms with Crippen molar-refractivity contribution in [3.05, 3.63) is 109 Å². The molecule has 65 heavy (non-hydrogen) atoms. The molecule has 6 heteroatoms. The molecule has 0 N–H and O–H groups in total. The van der Waals surface area contributed by atoms with Crippen LogP contribution in [-0.4, -0.2) is 37.2 Å². The van der Waals surface area contributed by atoms with Crippen molar-refractivity contribution in [1.82, 2.24) is 0 Å². The maximum Gasteiger partial charge on any atom is 0.306 e. The van der Waals surface area contributed by atoms with Gasteiger partial charge in [0.05, 0.1) is 0 Å². The van der Waals surface area contributed by atoms with Gasteiger partial charge in [-0.25, -0.2) is 0 Å². The molecule has 0 aromatic heterocycles. The molecule has 0 spiro atoms. The topological polar surface area (TPSA) is 78.9 Å². The number of ether oxygens (including phenoxy) is 3. The van der Waals surface area contributed by atoms with Gasteiger partial charge in [0.25, 0.3) is 0 Å². The summed E-state index contributed by atoms with van der Waals surface area (Å²) in [4.78, 5) is 38.0. The third-order valence-electron chi connectivity index (χ3n) is 10.7. The second kappa shape index (κ2) is 52.7. The van der Waals surface area contributed by atoms with Crippen LogP contribution in [0.4, 0.5) is 0 Å². The number of esters is 3. The van der Waals surface area contributed by atoms with Gasteiger partial charge in [0.2, 0.25) is 0 Å². The number of hydrogen-bond acceptors (Lipinski definition) is 6. The molecular formula is C59H96O6. The molecule has 0 unspecified atom stereocenters. The quantitative estimate of drug-likeness (QED) is 0.0262. The fraction of sp³-hybridized carbons (Fsp3) is 0.644. The first-order valence-corrected chi connectivity index (χ1v) is 26.4. The third kappa shape index (κ3) is 50.9. The van der Waals surface area contributed by atoms with E-state index in [1.54, 1.807) is 0 Å². The minimum Gasteiger partial charge on any atom is -0.462 e. The molecule has 0 bridgehead atoms. The van der Waals surface area contributed by atoms with Crippen LogP contribution in [0, 0.1) is 0 Å². The average Bonchev–Trinajstić information content (AvgIpc) is 3.30. The zero-order chi connectivity index (χ0) is 47.2. The highest BCUT2D eigenvalue weighted by Crippen LogP contribution is 2.13. The van der Waals surface area contributed by atoms with Crippen LogP contribution in [0.2, 0.25) is 0 Å². The van der Waals surface area contributed by atoms with E-state index in [0.29, 0.717) is 19.3 Å². The molecule has 6 nitrogen and oxygen atoms in total. The lowest BCUT2D eigenvalue weighted by atomic mass is 10.1. The molecule has 0 aliphatic rings. The average molecular weight is 901 g/mol. The zero-order valence-corrected chi connectivity index (χ0v) is 42.0. The predicted molar refractivity (Wildman–Crippen MR) is 279 cm³/mol. The summed E-state index contributed by atoms with van der Waals surface area (Å²) >= 11 is 0. The van der Waals surface area contributed by atoms with E-state index in [9.17, 15) is 14.4 Å². The molecule has 1 atom stereocenters. The van der Waals surface area contributed by atoms with E-state index in [4.69, 9.17) is 14.2 Å². The highest BCUT2D eigenvalue weighted by Gasteiger charge is 2.19. The van der Waals surface area contributed by atoms with E-state index in [-0.39, 0.29) is 37.5 Å². The van der Waals surface area contributed by atoms with Crippen LogP contribution >= 0.6 is 0 Å². The maximum absolute atomic E-state index is 12.8. The SMILES string of the molecule is CC/C=C\C/C=C\C/C=C\C/C=C\CCCCCCC(=O)O[C@H](COC(=O)CCCC/C=C\C/C=C\C/C=C\C/C=C\CC)COC(=O)CCCCCCCCC/C=C\CCCCCC. The van der Waals surface area contributed by atoms with Gasteiger partial charge >= 0.3 is 17.9 Å². The lowest BCUT2D eigenvalue weighted by molar-refractivity contribution is -0.167. The Morgan fingerprint density at radius 3 is 0.985 bits per heavy atom. The standard InChI is InChI=1S/C59H96O6/c1-4-7-10-13-16-19-22-25-28-29-32-35-38-41-44-47-50-53-59(62)65-56(54-63-57(60)51-48-45-42-39-36-33-30-26-23-20-17-14-11-8-5-2)55-64-58(61)52-49-46-43-40-37-34-31-27-24-21-18-15-12-9-6-3/h7-8,10-11,16-17,19-21,24-26,28,30,32,35-36,39,56H,4-6,9,12-15,18,22-23,27,29,31,33-34,37-38,40-55H2,1-3H3/b10-7-,11-8-,19-16-,20-17-,24-21-,28-25-,30-26-,35-32-,39-36-/t56-/m1/s1. The number of carbonyl (C=O) groups excluding carboxylic acids is 3. The van der Waals surface area contributed by atoms with Crippen LogP contribution in [0.3, 0.4) is 0 Å². The van der Waals surface area contributed by atoms with Crippen molar-refractivity contribution >= 4 is 17.9 Å². The molecule has 0 fully saturated rings. The smallest absolute Gasteiger partial charge is 0.306 e. The van der Waals surface area contributed by atoms with Crippen LogP contribution in [0.1, 0.15) is 226 Å². The molecule has 0 amide bonds. The summed E-state index contributed by atoms with van der Waals surface area (Å²) in [5.74, 6) is -0.981. The van der Waals surface area contributed by atoms with Crippen molar-refractivity contribution in [2.45, 2.75) is 232 Å². The predicted octanol–water partition coefficient (Wildman–Crippen LogP) is 17.5. The van der Waals surface area contributed by atoms with Crippen molar-refractivity contribution in [3.63, 3.8) is 0 Å². The van der Waals surface area contributed by atoms with E-state index >= 15 is 0 Å². The molecule has 0 radical (unpaired) electrons. The lowest BCUT2D eigenvalue weighted by Gasteiger charge is -2.18. The molecule has 0 aliphatic carbocycles. The van der Waals surface area contributed by atoms with Gasteiger partial charge in [-0.1, -0.05) is 194 Å². The first-order valence-electron chi connectivity index (χ1n) is 26.4. The van der Waals surface area contributed by atoms with Gasteiger partial charge in [-0.3, -0.25) is 14.4 Å². The highest BCUT2D eigenvalue weighted by atomic mass is 16.6. The third-order valence-corrected chi connectivity index (χ3v) is 10.7. The Bertz CT molecular complexity index is 1360. The van der Waals surface area contributed by atoms with E-state index in [0.717, 1.165) is 116 Å². The molecule has 0 heterocycles. The van der Waals surface area contributed by atoms with Gasteiger partial charge in [0.15, 0.2) is 6.10 Å². The summed E-state index contributed by atoms with van der Waals surface area (Å²) in [6.45, 7) is 6.33. The minimum atomic E-state index is -0.811. The van der Waals surface area contributed by atoms with Gasteiger partial charge < -0.3 is 14.2 Å². The van der Waals surface area contributed by atoms with Gasteiger partial charge in [-0.15, -0.1) is 0 Å². The molecule has 0 aliphatic heterocycles. The first kappa shape index (κ1) is 61.1. The van der Waals surface area contributed by atoms with Crippen LogP contribution in [0.5, 0.6) is 0 Å². The number of hydrogen-bond donors (Lipinski definition) is 0. The Labute approximate surface area is 400 Å². The number of carbonyl (C=O) groups is 3. The van der Waals surface area contributed by atoms with Gasteiger partial charge in [0, 0.05) is 19.3 Å². The van der Waals surface area contributed by atoms with E-state index in [2.05, 4.69) is 130 Å². The Morgan fingerprint density at radius 1 is 0.323 bits per heavy atom. The van der Waals surface area contributed by atoms with Crippen molar-refractivity contribution in [2.24, 2.45) is 0 Å². The molecule has 0 aromatic rings. The summed E-state index contributed by atoms with van der Waals surface area (Å²) < 4.78 is 16.8. The maximum atomic E-state index is 12.8. The summed E-state index contributed by atoms with van der Waals surface area (Å²) in [5, 5.41) is 0. The normalized spacial score (nSPS) is 13.0. The van der Waals surface area contributed by atoms with Gasteiger partial charge in [-0.05, 0) is 122 Å². The number of unbranched alkanes of at least 4 members (excludes halogenated alkanes) is 17. The van der Waals surface area contributed by atoms with Crippen LogP contribution in [-0.2, 0) is 28.6 Å². The van der Waals surface area contributed by atoms with Crippen LogP contribution in [0.25, 0.3) is 0 Å². The Morgan fingerprint density at radius 2 is 0.600 bits per heavy atom. The number of allylic oxidation sites excluding steroid dienone is 18. The first-order chi connectivity index (χ1) is 32.0. The summed E-state index contributed by atoms with van der Waals surface area (Å²) in [6.07, 6.45) is 70.7. The highest BCUT2D eigenvalue weighted by molar-refractivity contribution is 5.71. The van der Waals surface area contributed by atoms with Crippen molar-refractivity contribution < 1.29 is 28.6 Å². The zero-order valence-electron chi connectivity index (χ0n) is 42.0. The molecule has 0 saturated heterocycles. The Kier molecular flexibility index (Phi) is 49.5. The second-order valence-corrected chi connectivity index (χ2v) is 17.0. The monoisotopic (exact) mass is 901 g/mol. The van der Waals surface area contributed by atoms with E-state index in [1.165, 1.54) is 64.2 Å². The molecular weight excluding hydrogens is 805 g/mol. The van der Waals surface area contributed by atoms with Gasteiger partial charge in [0.1, 0.15) is 13.2 Å². The molecule has 368 valence electrons. The van der Waals surface area contributed by atoms with E-state index in [1.807, 2.05) is 0 Å². The van der Waals surface area contributed by atoms with E-state index < -0.39 is 6.10 Å². The summed E-state index contributed by atoms with van der Waals surface area (Å²) in [5.41, 5.74) is 0. The Hall–Kier alpha value is -3.93. The van der Waals surface area contributed by atoms with Crippen LogP contribution in [0.15, 0.2) is 109 Å². The summed E-state index contributed by atoms with van der Waals surface area (Å²) in [7, 11) is 0. The fourth-order valence-corrected chi connectivity index (χ4v) is 6.83. The summed E-state index contributed by atoms with van der Waals surface area (Å²) in [6, 6.07) is 0. The molecule has 0 saturated carbocycles. The lowest BCUT2D eigenvalue weighted by Crippen LogP contribution is -2.30. The minimum absolute atomic E-state index is 0.105. The largest absolute Gasteiger partial charge is 0.462 e. The van der Waals surface area contributed by atoms with Crippen molar-refractivity contribution in [3.8, 4) is 0 Å². The molecule has 0 rings (SSSR count). The fourth-order valence-electron chi connectivity index (χ4n) is 6.83. The Balaban J connectivity index is 4.52. The van der Waals surface area contributed by atoms with Crippen LogP contribution < -0.4 is 0 Å². The van der Waals surface area contributed by atoms with Gasteiger partial charge in [-0.2, -0.15) is 0 Å². The molecule has 0 aromatic carbocycles. The van der Waals surface area contributed by atoms with Crippen molar-refractivity contribution in [2.75, 3.05) is 13.2 Å².